The van der Waals surface area contributed by atoms with Crippen LogP contribution in [0, 0.1) is 6.92 Å². The Kier molecular flexibility index (Phi) is 4.62. The number of nitrogen functional groups attached to an aromatic ring is 1. The fourth-order valence-corrected chi connectivity index (χ4v) is 2.68. The maximum Gasteiger partial charge on any atom is 0.299 e. The molecule has 2 aromatic carbocycles. The molecule has 0 atom stereocenters. The number of anilines is 2. The molecule has 0 unspecified atom stereocenters. The Hall–Kier alpha value is -3.35. The van der Waals surface area contributed by atoms with Crippen LogP contribution in [0.15, 0.2) is 63.6 Å². The van der Waals surface area contributed by atoms with Crippen molar-refractivity contribution in [2.45, 2.75) is 6.92 Å². The Bertz CT molecular complexity index is 1010. The standard InChI is InChI=1S/C19H22N6O/c1-13-18(19(26)25(24(13)4)14-8-6-5-7-9-14)22-21-17-11-10-15(23(2)3)12-16(17)20/h5-12H,20H2,1-4H3. The molecule has 0 saturated heterocycles. The maximum absolute atomic E-state index is 12.8. The van der Waals surface area contributed by atoms with Gasteiger partial charge in [0.2, 0.25) is 0 Å². The molecule has 26 heavy (non-hydrogen) atoms. The monoisotopic (exact) mass is 350 g/mol. The van der Waals surface area contributed by atoms with E-state index in [1.165, 1.54) is 0 Å². The minimum atomic E-state index is -0.219. The lowest BCUT2D eigenvalue weighted by atomic mass is 10.2. The summed E-state index contributed by atoms with van der Waals surface area (Å²) in [6, 6.07) is 15.0. The van der Waals surface area contributed by atoms with Crippen LogP contribution in [0.2, 0.25) is 0 Å². The predicted octanol–water partition coefficient (Wildman–Crippen LogP) is 3.55. The molecule has 0 aliphatic rings. The van der Waals surface area contributed by atoms with E-state index in [1.807, 2.05) is 75.4 Å². The van der Waals surface area contributed by atoms with Gasteiger partial charge in [-0.25, -0.2) is 4.68 Å². The molecule has 0 bridgehead atoms. The molecule has 0 saturated carbocycles. The van der Waals surface area contributed by atoms with Gasteiger partial charge in [-0.05, 0) is 37.3 Å². The van der Waals surface area contributed by atoms with Crippen molar-refractivity contribution in [3.8, 4) is 5.69 Å². The van der Waals surface area contributed by atoms with Crippen molar-refractivity contribution in [3.63, 3.8) is 0 Å². The number of benzene rings is 2. The molecular formula is C19H22N6O. The van der Waals surface area contributed by atoms with E-state index in [-0.39, 0.29) is 5.56 Å². The Morgan fingerprint density at radius 3 is 2.35 bits per heavy atom. The lowest BCUT2D eigenvalue weighted by Crippen LogP contribution is -2.19. The zero-order chi connectivity index (χ0) is 18.8. The molecule has 3 rings (SSSR count). The lowest BCUT2D eigenvalue weighted by molar-refractivity contribution is 0.630. The summed E-state index contributed by atoms with van der Waals surface area (Å²) in [5.41, 5.74) is 9.66. The molecule has 0 amide bonds. The van der Waals surface area contributed by atoms with Crippen LogP contribution in [0.4, 0.5) is 22.7 Å². The minimum Gasteiger partial charge on any atom is -0.397 e. The van der Waals surface area contributed by atoms with Crippen molar-refractivity contribution in [3.05, 3.63) is 64.6 Å². The molecule has 7 heteroatoms. The Morgan fingerprint density at radius 2 is 1.73 bits per heavy atom. The van der Waals surface area contributed by atoms with E-state index in [0.29, 0.717) is 17.1 Å². The maximum atomic E-state index is 12.8. The average Bonchev–Trinajstić information content (AvgIpc) is 2.84. The molecule has 1 heterocycles. The second-order valence-electron chi connectivity index (χ2n) is 6.25. The van der Waals surface area contributed by atoms with Gasteiger partial charge in [-0.2, -0.15) is 0 Å². The first kappa shape index (κ1) is 17.5. The summed E-state index contributed by atoms with van der Waals surface area (Å²) >= 11 is 0. The van der Waals surface area contributed by atoms with Crippen LogP contribution < -0.4 is 16.2 Å². The van der Waals surface area contributed by atoms with Crippen molar-refractivity contribution in [1.82, 2.24) is 9.36 Å². The largest absolute Gasteiger partial charge is 0.397 e. The molecule has 0 fully saturated rings. The zero-order valence-electron chi connectivity index (χ0n) is 15.3. The van der Waals surface area contributed by atoms with Gasteiger partial charge in [0.15, 0.2) is 5.69 Å². The van der Waals surface area contributed by atoms with E-state index >= 15 is 0 Å². The summed E-state index contributed by atoms with van der Waals surface area (Å²) in [6.07, 6.45) is 0. The number of aromatic nitrogens is 2. The van der Waals surface area contributed by atoms with Crippen LogP contribution in [-0.2, 0) is 7.05 Å². The minimum absolute atomic E-state index is 0.219. The molecule has 134 valence electrons. The highest BCUT2D eigenvalue weighted by atomic mass is 16.1. The number of para-hydroxylation sites is 1. The zero-order valence-corrected chi connectivity index (χ0v) is 15.3. The van der Waals surface area contributed by atoms with Crippen LogP contribution in [0.1, 0.15) is 5.69 Å². The number of nitrogens with two attached hydrogens (primary N) is 1. The van der Waals surface area contributed by atoms with Crippen LogP contribution in [-0.4, -0.2) is 23.5 Å². The fourth-order valence-electron chi connectivity index (χ4n) is 2.68. The van der Waals surface area contributed by atoms with Crippen molar-refractivity contribution in [2.24, 2.45) is 17.3 Å². The third-order valence-electron chi connectivity index (χ3n) is 4.31. The molecule has 0 radical (unpaired) electrons. The van der Waals surface area contributed by atoms with Crippen LogP contribution in [0.3, 0.4) is 0 Å². The van der Waals surface area contributed by atoms with Gasteiger partial charge in [0.05, 0.1) is 17.1 Å². The highest BCUT2D eigenvalue weighted by molar-refractivity contribution is 5.69. The molecule has 0 aliphatic carbocycles. The molecule has 0 spiro atoms. The molecule has 0 aliphatic heterocycles. The van der Waals surface area contributed by atoms with Crippen molar-refractivity contribution >= 4 is 22.7 Å². The van der Waals surface area contributed by atoms with E-state index in [4.69, 9.17) is 5.73 Å². The first-order chi connectivity index (χ1) is 12.4. The van der Waals surface area contributed by atoms with E-state index < -0.39 is 0 Å². The Balaban J connectivity index is 2.01. The SMILES string of the molecule is Cc1c(N=Nc2ccc(N(C)C)cc2N)c(=O)n(-c2ccccc2)n1C. The molecule has 1 aromatic heterocycles. The number of rotatable bonds is 4. The summed E-state index contributed by atoms with van der Waals surface area (Å²) < 4.78 is 3.34. The Labute approximate surface area is 152 Å². The highest BCUT2D eigenvalue weighted by Gasteiger charge is 2.15. The topological polar surface area (TPSA) is 80.9 Å². The van der Waals surface area contributed by atoms with Gasteiger partial charge in [-0.3, -0.25) is 9.48 Å². The number of hydrogen-bond acceptors (Lipinski definition) is 5. The lowest BCUT2D eigenvalue weighted by Gasteiger charge is -2.13. The summed E-state index contributed by atoms with van der Waals surface area (Å²) in [7, 11) is 5.70. The second kappa shape index (κ2) is 6.87. The summed E-state index contributed by atoms with van der Waals surface area (Å²) in [5, 5.41) is 8.40. The summed E-state index contributed by atoms with van der Waals surface area (Å²) in [4.78, 5) is 14.8. The van der Waals surface area contributed by atoms with Gasteiger partial charge in [-0.1, -0.05) is 18.2 Å². The van der Waals surface area contributed by atoms with Gasteiger partial charge in [0, 0.05) is 26.8 Å². The van der Waals surface area contributed by atoms with Crippen molar-refractivity contribution in [2.75, 3.05) is 24.7 Å². The predicted molar refractivity (Wildman–Crippen MR) is 105 cm³/mol. The van der Waals surface area contributed by atoms with Crippen LogP contribution in [0.25, 0.3) is 5.69 Å². The van der Waals surface area contributed by atoms with Gasteiger partial charge in [-0.15, -0.1) is 10.2 Å². The first-order valence-corrected chi connectivity index (χ1v) is 8.22. The fraction of sp³-hybridized carbons (Fsp3) is 0.211. The average molecular weight is 350 g/mol. The van der Waals surface area contributed by atoms with Crippen LogP contribution >= 0.6 is 0 Å². The third kappa shape index (κ3) is 3.11. The second-order valence-corrected chi connectivity index (χ2v) is 6.25. The smallest absolute Gasteiger partial charge is 0.299 e. The van der Waals surface area contributed by atoms with Gasteiger partial charge < -0.3 is 10.6 Å². The van der Waals surface area contributed by atoms with Crippen LogP contribution in [0.5, 0.6) is 0 Å². The molecular weight excluding hydrogens is 328 g/mol. The van der Waals surface area contributed by atoms with E-state index in [2.05, 4.69) is 10.2 Å². The molecule has 2 N–H and O–H groups in total. The third-order valence-corrected chi connectivity index (χ3v) is 4.31. The number of hydrogen-bond donors (Lipinski definition) is 1. The first-order valence-electron chi connectivity index (χ1n) is 8.22. The van der Waals surface area contributed by atoms with E-state index in [0.717, 1.165) is 17.1 Å². The van der Waals surface area contributed by atoms with E-state index in [1.54, 1.807) is 15.4 Å². The number of azo groups is 1. The van der Waals surface area contributed by atoms with Crippen molar-refractivity contribution in [1.29, 1.82) is 0 Å². The summed E-state index contributed by atoms with van der Waals surface area (Å²) in [6.45, 7) is 1.84. The molecule has 7 nitrogen and oxygen atoms in total. The Morgan fingerprint density at radius 1 is 1.04 bits per heavy atom. The van der Waals surface area contributed by atoms with Gasteiger partial charge in [0.25, 0.3) is 5.56 Å². The van der Waals surface area contributed by atoms with E-state index in [9.17, 15) is 4.79 Å². The molecule has 3 aromatic rings. The van der Waals surface area contributed by atoms with Crippen molar-refractivity contribution < 1.29 is 0 Å². The normalized spacial score (nSPS) is 11.2. The number of nitrogens with zero attached hydrogens (tertiary/aromatic N) is 5. The van der Waals surface area contributed by atoms with Gasteiger partial charge in [0.1, 0.15) is 5.69 Å². The summed E-state index contributed by atoms with van der Waals surface area (Å²) in [5.74, 6) is 0. The quantitative estimate of drug-likeness (QED) is 0.577. The highest BCUT2D eigenvalue weighted by Crippen LogP contribution is 2.28. The van der Waals surface area contributed by atoms with Gasteiger partial charge >= 0.3 is 0 Å².